The monoisotopic (exact) mass is 376 g/mol. The number of rotatable bonds is 9. The van der Waals surface area contributed by atoms with E-state index >= 15 is 0 Å². The molecule has 0 spiro atoms. The Labute approximate surface area is 154 Å². The zero-order chi connectivity index (χ0) is 17.5. The Hall–Kier alpha value is -1.93. The second kappa shape index (κ2) is 8.96. The maximum absolute atomic E-state index is 11.8. The minimum absolute atomic E-state index is 0.0308. The summed E-state index contributed by atoms with van der Waals surface area (Å²) in [5, 5.41) is 16.6. The van der Waals surface area contributed by atoms with Gasteiger partial charge in [-0.15, -0.1) is 33.3 Å². The molecule has 1 aliphatic rings. The van der Waals surface area contributed by atoms with E-state index in [-0.39, 0.29) is 17.7 Å². The molecular weight excluding hydrogens is 356 g/mol. The largest absolute Gasteiger partial charge is 0.351 e. The lowest BCUT2D eigenvalue weighted by Gasteiger charge is -2.05. The van der Waals surface area contributed by atoms with Gasteiger partial charge in [-0.05, 0) is 42.8 Å². The van der Waals surface area contributed by atoms with E-state index < -0.39 is 0 Å². The summed E-state index contributed by atoms with van der Waals surface area (Å²) in [5.41, 5.74) is 0. The maximum atomic E-state index is 11.8. The van der Waals surface area contributed by atoms with Gasteiger partial charge < -0.3 is 10.6 Å². The van der Waals surface area contributed by atoms with Gasteiger partial charge in [-0.25, -0.2) is 0 Å². The maximum Gasteiger partial charge on any atom is 0.228 e. The molecule has 2 amide bonds. The summed E-state index contributed by atoms with van der Waals surface area (Å²) in [6.45, 7) is 0.600. The molecule has 2 aromatic rings. The molecule has 0 atom stereocenters. The molecule has 3 rings (SSSR count). The number of carbonyl (C=O) groups excluding carboxylic acids is 2. The first-order valence-corrected chi connectivity index (χ1v) is 10.1. The van der Waals surface area contributed by atoms with E-state index in [1.807, 2.05) is 23.6 Å². The zero-order valence-corrected chi connectivity index (χ0v) is 15.4. The van der Waals surface area contributed by atoms with Crippen LogP contribution in [0.1, 0.15) is 30.6 Å². The molecule has 25 heavy (non-hydrogen) atoms. The molecule has 0 radical (unpaired) electrons. The average molecular weight is 377 g/mol. The predicted molar refractivity (Wildman–Crippen MR) is 99.5 cm³/mol. The quantitative estimate of drug-likeness (QED) is 0.519. The van der Waals surface area contributed by atoms with Crippen molar-refractivity contribution in [1.82, 2.24) is 15.5 Å². The van der Waals surface area contributed by atoms with Gasteiger partial charge in [0.1, 0.15) is 5.03 Å². The van der Waals surface area contributed by atoms with Crippen LogP contribution in [0.2, 0.25) is 0 Å². The number of nitrogens with one attached hydrogen (secondary N) is 2. The third kappa shape index (κ3) is 6.13. The Balaban J connectivity index is 1.30. The van der Waals surface area contributed by atoms with Crippen molar-refractivity contribution < 1.29 is 9.59 Å². The first-order valence-electron chi connectivity index (χ1n) is 8.27. The Morgan fingerprint density at radius 2 is 2.12 bits per heavy atom. The number of hydrogen-bond acceptors (Lipinski definition) is 6. The first kappa shape index (κ1) is 17.9. The molecule has 2 heterocycles. The van der Waals surface area contributed by atoms with Gasteiger partial charge in [0.15, 0.2) is 5.82 Å². The smallest absolute Gasteiger partial charge is 0.228 e. The number of anilines is 1. The van der Waals surface area contributed by atoms with Crippen LogP contribution in [-0.2, 0) is 16.1 Å². The zero-order valence-electron chi connectivity index (χ0n) is 13.7. The van der Waals surface area contributed by atoms with Crippen LogP contribution in [0.3, 0.4) is 0 Å². The first-order chi connectivity index (χ1) is 12.2. The molecular formula is C17H20N4O2S2. The highest BCUT2D eigenvalue weighted by Crippen LogP contribution is 2.30. The molecule has 132 valence electrons. The summed E-state index contributed by atoms with van der Waals surface area (Å²) >= 11 is 3.20. The van der Waals surface area contributed by atoms with Crippen molar-refractivity contribution in [3.05, 3.63) is 34.5 Å². The second-order valence-electron chi connectivity index (χ2n) is 5.83. The Morgan fingerprint density at radius 3 is 2.80 bits per heavy atom. The standard InChI is InChI=1S/C17H20N4O2S2/c22-15(18-11-13-3-1-9-24-13)4-2-10-25-16-8-7-14(20-21-16)19-17(23)12-5-6-12/h1,3,7-9,12H,2,4-6,10-11H2,(H,18,22)(H,19,20,23). The van der Waals surface area contributed by atoms with Crippen LogP contribution in [0, 0.1) is 5.92 Å². The van der Waals surface area contributed by atoms with Crippen molar-refractivity contribution in [2.75, 3.05) is 11.1 Å². The SMILES string of the molecule is O=C(CCCSc1ccc(NC(=O)C2CC2)nn1)NCc1cccs1. The van der Waals surface area contributed by atoms with Gasteiger partial charge in [0.25, 0.3) is 0 Å². The van der Waals surface area contributed by atoms with Crippen molar-refractivity contribution in [2.45, 2.75) is 37.3 Å². The lowest BCUT2D eigenvalue weighted by molar-refractivity contribution is -0.121. The molecule has 1 fully saturated rings. The molecule has 1 aliphatic carbocycles. The molecule has 2 N–H and O–H groups in total. The number of thioether (sulfide) groups is 1. The number of nitrogens with zero attached hydrogens (tertiary/aromatic N) is 2. The summed E-state index contributed by atoms with van der Waals surface area (Å²) < 4.78 is 0. The molecule has 0 unspecified atom stereocenters. The fourth-order valence-electron chi connectivity index (χ4n) is 2.13. The number of carbonyl (C=O) groups is 2. The molecule has 0 saturated heterocycles. The fraction of sp³-hybridized carbons (Fsp3) is 0.412. The third-order valence-electron chi connectivity index (χ3n) is 3.68. The molecule has 0 bridgehead atoms. The number of aromatic nitrogens is 2. The fourth-order valence-corrected chi connectivity index (χ4v) is 3.54. The van der Waals surface area contributed by atoms with Crippen LogP contribution < -0.4 is 10.6 Å². The molecule has 0 aliphatic heterocycles. The van der Waals surface area contributed by atoms with Crippen LogP contribution in [0.5, 0.6) is 0 Å². The summed E-state index contributed by atoms with van der Waals surface area (Å²) in [6, 6.07) is 7.60. The summed E-state index contributed by atoms with van der Waals surface area (Å²) in [6.07, 6.45) is 3.21. The summed E-state index contributed by atoms with van der Waals surface area (Å²) in [4.78, 5) is 24.6. The molecule has 2 aromatic heterocycles. The highest BCUT2D eigenvalue weighted by Gasteiger charge is 2.29. The van der Waals surface area contributed by atoms with E-state index in [1.54, 1.807) is 29.2 Å². The van der Waals surface area contributed by atoms with Crippen LogP contribution >= 0.6 is 23.1 Å². The normalized spacial score (nSPS) is 13.4. The van der Waals surface area contributed by atoms with Gasteiger partial charge >= 0.3 is 0 Å². The van der Waals surface area contributed by atoms with E-state index in [1.165, 1.54) is 0 Å². The highest BCUT2D eigenvalue weighted by molar-refractivity contribution is 7.99. The van der Waals surface area contributed by atoms with Crippen molar-refractivity contribution in [2.24, 2.45) is 5.92 Å². The summed E-state index contributed by atoms with van der Waals surface area (Å²) in [5.74, 6) is 1.55. The van der Waals surface area contributed by atoms with Crippen molar-refractivity contribution in [3.63, 3.8) is 0 Å². The van der Waals surface area contributed by atoms with Crippen molar-refractivity contribution >= 4 is 40.7 Å². The van der Waals surface area contributed by atoms with Gasteiger partial charge in [-0.2, -0.15) is 0 Å². The molecule has 8 heteroatoms. The number of hydrogen-bond donors (Lipinski definition) is 2. The van der Waals surface area contributed by atoms with Crippen LogP contribution in [0.4, 0.5) is 5.82 Å². The Kier molecular flexibility index (Phi) is 6.41. The van der Waals surface area contributed by atoms with Crippen molar-refractivity contribution in [1.29, 1.82) is 0 Å². The average Bonchev–Trinajstić information content (AvgIpc) is 3.35. The van der Waals surface area contributed by atoms with Gasteiger partial charge in [-0.1, -0.05) is 6.07 Å². The molecule has 1 saturated carbocycles. The van der Waals surface area contributed by atoms with Gasteiger partial charge in [0.05, 0.1) is 6.54 Å². The Bertz CT molecular complexity index is 700. The van der Waals surface area contributed by atoms with Crippen LogP contribution in [0.15, 0.2) is 34.7 Å². The van der Waals surface area contributed by atoms with Crippen LogP contribution in [-0.4, -0.2) is 27.8 Å². The number of amides is 2. The van der Waals surface area contributed by atoms with E-state index in [2.05, 4.69) is 20.8 Å². The minimum atomic E-state index is 0.0308. The van der Waals surface area contributed by atoms with E-state index in [0.717, 1.165) is 34.9 Å². The predicted octanol–water partition coefficient (Wildman–Crippen LogP) is 3.08. The third-order valence-corrected chi connectivity index (χ3v) is 5.56. The van der Waals surface area contributed by atoms with E-state index in [9.17, 15) is 9.59 Å². The van der Waals surface area contributed by atoms with E-state index in [4.69, 9.17) is 0 Å². The second-order valence-corrected chi connectivity index (χ2v) is 7.98. The minimum Gasteiger partial charge on any atom is -0.351 e. The Morgan fingerprint density at radius 1 is 1.24 bits per heavy atom. The lowest BCUT2D eigenvalue weighted by atomic mass is 10.3. The molecule has 0 aromatic carbocycles. The number of thiophene rings is 1. The topological polar surface area (TPSA) is 84.0 Å². The lowest BCUT2D eigenvalue weighted by Crippen LogP contribution is -2.21. The molecule has 6 nitrogen and oxygen atoms in total. The highest BCUT2D eigenvalue weighted by atomic mass is 32.2. The van der Waals surface area contributed by atoms with E-state index in [0.29, 0.717) is 18.8 Å². The van der Waals surface area contributed by atoms with Gasteiger partial charge in [0, 0.05) is 23.0 Å². The summed E-state index contributed by atoms with van der Waals surface area (Å²) in [7, 11) is 0. The van der Waals surface area contributed by atoms with Gasteiger partial charge in [-0.3, -0.25) is 9.59 Å². The van der Waals surface area contributed by atoms with Crippen molar-refractivity contribution in [3.8, 4) is 0 Å². The van der Waals surface area contributed by atoms with Crippen LogP contribution in [0.25, 0.3) is 0 Å². The van der Waals surface area contributed by atoms with Gasteiger partial charge in [0.2, 0.25) is 11.8 Å².